The summed E-state index contributed by atoms with van der Waals surface area (Å²) in [7, 11) is 0. The van der Waals surface area contributed by atoms with Gasteiger partial charge >= 0.3 is 0 Å². The predicted molar refractivity (Wildman–Crippen MR) is 49.1 cm³/mol. The number of amides is 1. The Morgan fingerprint density at radius 3 is 2.85 bits per heavy atom. The summed E-state index contributed by atoms with van der Waals surface area (Å²) >= 11 is 0. The van der Waals surface area contributed by atoms with E-state index in [-0.39, 0.29) is 5.91 Å². The van der Waals surface area contributed by atoms with Gasteiger partial charge in [0.15, 0.2) is 0 Å². The van der Waals surface area contributed by atoms with E-state index in [2.05, 4.69) is 0 Å². The molecule has 74 valence electrons. The van der Waals surface area contributed by atoms with E-state index in [9.17, 15) is 9.90 Å². The van der Waals surface area contributed by atoms with Crippen molar-refractivity contribution in [3.8, 4) is 0 Å². The van der Waals surface area contributed by atoms with Crippen molar-refractivity contribution >= 4 is 5.91 Å². The van der Waals surface area contributed by atoms with Crippen LogP contribution in [-0.4, -0.2) is 34.6 Å². The fraction of sp³-hybridized carbons (Fsp3) is 0.900. The number of piperidine rings is 1. The lowest BCUT2D eigenvalue weighted by Crippen LogP contribution is -2.43. The standard InChI is InChI=1S/C10H17NO2/c1-2-9(12)10(13)11-6-7-3-4-8(11)5-7/h7-9,12H,2-6H2,1H3. The van der Waals surface area contributed by atoms with Crippen LogP contribution in [0.4, 0.5) is 0 Å². The van der Waals surface area contributed by atoms with Gasteiger partial charge in [-0.05, 0) is 31.6 Å². The first-order valence-electron chi connectivity index (χ1n) is 5.21. The smallest absolute Gasteiger partial charge is 0.251 e. The Balaban J connectivity index is 1.98. The minimum absolute atomic E-state index is 0.0466. The third-order valence-electron chi connectivity index (χ3n) is 3.36. The number of carbonyl (C=O) groups excluding carboxylic acids is 1. The van der Waals surface area contributed by atoms with Crippen LogP contribution in [0.3, 0.4) is 0 Å². The van der Waals surface area contributed by atoms with Gasteiger partial charge in [-0.3, -0.25) is 4.79 Å². The lowest BCUT2D eigenvalue weighted by atomic mass is 10.1. The van der Waals surface area contributed by atoms with Crippen LogP contribution in [-0.2, 0) is 4.79 Å². The first-order valence-corrected chi connectivity index (χ1v) is 5.21. The number of hydrogen-bond donors (Lipinski definition) is 1. The number of aliphatic hydroxyl groups excluding tert-OH is 1. The molecule has 0 aromatic heterocycles. The summed E-state index contributed by atoms with van der Waals surface area (Å²) in [5.41, 5.74) is 0. The lowest BCUT2D eigenvalue weighted by Gasteiger charge is -2.28. The van der Waals surface area contributed by atoms with Crippen molar-refractivity contribution in [3.63, 3.8) is 0 Å². The van der Waals surface area contributed by atoms with Crippen molar-refractivity contribution in [3.05, 3.63) is 0 Å². The van der Waals surface area contributed by atoms with Gasteiger partial charge in [0.1, 0.15) is 6.10 Å². The Bertz CT molecular complexity index is 217. The molecule has 3 nitrogen and oxygen atoms in total. The molecule has 3 heteroatoms. The van der Waals surface area contributed by atoms with Crippen molar-refractivity contribution < 1.29 is 9.90 Å². The Kier molecular flexibility index (Phi) is 2.28. The van der Waals surface area contributed by atoms with Gasteiger partial charge in [0.2, 0.25) is 0 Å². The summed E-state index contributed by atoms with van der Waals surface area (Å²) in [5.74, 6) is 0.674. The van der Waals surface area contributed by atoms with Gasteiger partial charge in [0.05, 0.1) is 0 Å². The molecule has 1 N–H and O–H groups in total. The SMILES string of the molecule is CCC(O)C(=O)N1CC2CCC1C2. The molecular weight excluding hydrogens is 166 g/mol. The normalized spacial score (nSPS) is 33.8. The van der Waals surface area contributed by atoms with Gasteiger partial charge in [0.25, 0.3) is 5.91 Å². The quantitative estimate of drug-likeness (QED) is 0.687. The van der Waals surface area contributed by atoms with Crippen molar-refractivity contribution in [2.24, 2.45) is 5.92 Å². The van der Waals surface area contributed by atoms with Gasteiger partial charge in [0, 0.05) is 12.6 Å². The molecule has 1 heterocycles. The maximum absolute atomic E-state index is 11.6. The van der Waals surface area contributed by atoms with E-state index >= 15 is 0 Å². The number of fused-ring (bicyclic) bond motifs is 2. The Labute approximate surface area is 78.7 Å². The average molecular weight is 183 g/mol. The number of nitrogens with zero attached hydrogens (tertiary/aromatic N) is 1. The van der Waals surface area contributed by atoms with E-state index in [0.29, 0.717) is 12.5 Å². The summed E-state index contributed by atoms with van der Waals surface area (Å²) in [4.78, 5) is 13.5. The summed E-state index contributed by atoms with van der Waals surface area (Å²) in [6, 6.07) is 0.443. The van der Waals surface area contributed by atoms with E-state index in [4.69, 9.17) is 0 Å². The number of carbonyl (C=O) groups is 1. The Morgan fingerprint density at radius 1 is 1.62 bits per heavy atom. The Morgan fingerprint density at radius 2 is 2.38 bits per heavy atom. The molecule has 0 aromatic rings. The molecule has 1 amide bonds. The van der Waals surface area contributed by atoms with Crippen LogP contribution in [0.15, 0.2) is 0 Å². The second kappa shape index (κ2) is 3.29. The third kappa shape index (κ3) is 1.46. The highest BCUT2D eigenvalue weighted by Crippen LogP contribution is 2.37. The summed E-state index contributed by atoms with van der Waals surface area (Å²) in [6.45, 7) is 2.73. The molecule has 2 fully saturated rings. The maximum Gasteiger partial charge on any atom is 0.251 e. The van der Waals surface area contributed by atoms with E-state index in [1.807, 2.05) is 11.8 Å². The first kappa shape index (κ1) is 9.00. The molecule has 1 aliphatic carbocycles. The largest absolute Gasteiger partial charge is 0.383 e. The lowest BCUT2D eigenvalue weighted by molar-refractivity contribution is -0.142. The van der Waals surface area contributed by atoms with Crippen LogP contribution in [0.1, 0.15) is 32.6 Å². The van der Waals surface area contributed by atoms with E-state index in [1.54, 1.807) is 0 Å². The first-order chi connectivity index (χ1) is 6.22. The zero-order valence-corrected chi connectivity index (χ0v) is 8.07. The highest BCUT2D eigenvalue weighted by Gasteiger charge is 2.41. The summed E-state index contributed by atoms with van der Waals surface area (Å²) in [5, 5.41) is 9.42. The molecule has 1 saturated heterocycles. The molecule has 1 aliphatic heterocycles. The van der Waals surface area contributed by atoms with Gasteiger partial charge in [-0.1, -0.05) is 6.92 Å². The van der Waals surface area contributed by atoms with Gasteiger partial charge in [-0.15, -0.1) is 0 Å². The topological polar surface area (TPSA) is 40.5 Å². The number of likely N-dealkylation sites (tertiary alicyclic amines) is 1. The van der Waals surface area contributed by atoms with Gasteiger partial charge < -0.3 is 10.0 Å². The molecule has 0 aromatic carbocycles. The van der Waals surface area contributed by atoms with E-state index < -0.39 is 6.10 Å². The minimum atomic E-state index is -0.764. The summed E-state index contributed by atoms with van der Waals surface area (Å²) < 4.78 is 0. The Hall–Kier alpha value is -0.570. The molecule has 0 spiro atoms. The fourth-order valence-electron chi connectivity index (χ4n) is 2.56. The highest BCUT2D eigenvalue weighted by molar-refractivity contribution is 5.81. The van der Waals surface area contributed by atoms with Crippen LogP contribution in [0.2, 0.25) is 0 Å². The van der Waals surface area contributed by atoms with Crippen LogP contribution in [0.5, 0.6) is 0 Å². The monoisotopic (exact) mass is 183 g/mol. The van der Waals surface area contributed by atoms with E-state index in [1.165, 1.54) is 12.8 Å². The van der Waals surface area contributed by atoms with Crippen molar-refractivity contribution in [1.29, 1.82) is 0 Å². The van der Waals surface area contributed by atoms with Crippen molar-refractivity contribution in [2.75, 3.05) is 6.54 Å². The zero-order valence-electron chi connectivity index (χ0n) is 8.07. The molecule has 3 unspecified atom stereocenters. The summed E-state index contributed by atoms with van der Waals surface area (Å²) in [6.07, 6.45) is 3.36. The molecule has 1 saturated carbocycles. The van der Waals surface area contributed by atoms with E-state index in [0.717, 1.165) is 18.9 Å². The van der Waals surface area contributed by atoms with Crippen LogP contribution in [0.25, 0.3) is 0 Å². The molecule has 3 atom stereocenters. The average Bonchev–Trinajstić information content (AvgIpc) is 2.76. The maximum atomic E-state index is 11.6. The predicted octanol–water partition coefficient (Wildman–Crippen LogP) is 0.768. The van der Waals surface area contributed by atoms with Crippen molar-refractivity contribution in [2.45, 2.75) is 44.8 Å². The molecule has 13 heavy (non-hydrogen) atoms. The van der Waals surface area contributed by atoms with Crippen LogP contribution >= 0.6 is 0 Å². The second-order valence-corrected chi connectivity index (χ2v) is 4.25. The minimum Gasteiger partial charge on any atom is -0.383 e. The van der Waals surface area contributed by atoms with Crippen molar-refractivity contribution in [1.82, 2.24) is 4.90 Å². The molecular formula is C10H17NO2. The van der Waals surface area contributed by atoms with Crippen LogP contribution < -0.4 is 0 Å². The molecule has 2 aliphatic rings. The van der Waals surface area contributed by atoms with Gasteiger partial charge in [-0.25, -0.2) is 0 Å². The molecule has 2 bridgehead atoms. The third-order valence-corrected chi connectivity index (χ3v) is 3.36. The molecule has 2 rings (SSSR count). The van der Waals surface area contributed by atoms with Crippen LogP contribution in [0, 0.1) is 5.92 Å². The van der Waals surface area contributed by atoms with Gasteiger partial charge in [-0.2, -0.15) is 0 Å². The molecule has 0 radical (unpaired) electrons. The number of rotatable bonds is 2. The fourth-order valence-corrected chi connectivity index (χ4v) is 2.56. The zero-order chi connectivity index (χ0) is 9.42. The number of aliphatic hydroxyl groups is 1. The highest BCUT2D eigenvalue weighted by atomic mass is 16.3. The second-order valence-electron chi connectivity index (χ2n) is 4.25. The number of hydrogen-bond acceptors (Lipinski definition) is 2.